The molecule has 2 aromatic rings. The van der Waals surface area contributed by atoms with E-state index in [1.165, 1.54) is 0 Å². The number of amides is 1. The maximum absolute atomic E-state index is 12.4. The molecule has 0 saturated carbocycles. The summed E-state index contributed by atoms with van der Waals surface area (Å²) < 4.78 is 0. The number of carbonyl (C=O) groups is 1. The second-order valence-corrected chi connectivity index (χ2v) is 6.21. The van der Waals surface area contributed by atoms with Gasteiger partial charge < -0.3 is 5.32 Å². The summed E-state index contributed by atoms with van der Waals surface area (Å²) in [7, 11) is 0. The van der Waals surface area contributed by atoms with Crippen LogP contribution in [0, 0.1) is 5.92 Å². The number of nitrogens with zero attached hydrogens (tertiary/aromatic N) is 1. The SMILES string of the molecule is CC(C)CCC(C)NC(=O)c1cnc(Cl)c2ccccc12. The molecule has 1 N–H and O–H groups in total. The molecule has 0 aliphatic carbocycles. The van der Waals surface area contributed by atoms with Gasteiger partial charge >= 0.3 is 0 Å². The number of fused-ring (bicyclic) bond motifs is 1. The molecule has 1 heterocycles. The molecule has 1 atom stereocenters. The van der Waals surface area contributed by atoms with E-state index in [1.807, 2.05) is 31.2 Å². The number of hydrogen-bond donors (Lipinski definition) is 1. The lowest BCUT2D eigenvalue weighted by atomic mass is 10.0. The minimum atomic E-state index is -0.0911. The van der Waals surface area contributed by atoms with Crippen molar-refractivity contribution in [3.63, 3.8) is 0 Å². The second kappa shape index (κ2) is 6.90. The van der Waals surface area contributed by atoms with E-state index in [4.69, 9.17) is 11.6 Å². The third-order valence-electron chi connectivity index (χ3n) is 3.55. The van der Waals surface area contributed by atoms with Gasteiger partial charge in [0.15, 0.2) is 0 Å². The Morgan fingerprint density at radius 2 is 1.86 bits per heavy atom. The number of hydrogen-bond acceptors (Lipinski definition) is 2. The van der Waals surface area contributed by atoms with Gasteiger partial charge in [-0.25, -0.2) is 4.98 Å². The molecule has 1 aromatic carbocycles. The van der Waals surface area contributed by atoms with Gasteiger partial charge in [0.05, 0.1) is 5.56 Å². The summed E-state index contributed by atoms with van der Waals surface area (Å²) in [6, 6.07) is 7.72. The number of benzene rings is 1. The highest BCUT2D eigenvalue weighted by molar-refractivity contribution is 6.34. The standard InChI is InChI=1S/C17H21ClN2O/c1-11(2)8-9-12(3)20-17(21)15-10-19-16(18)14-7-5-4-6-13(14)15/h4-7,10-12H,8-9H2,1-3H3,(H,20,21). The molecule has 0 bridgehead atoms. The van der Waals surface area contributed by atoms with Gasteiger partial charge in [-0.05, 0) is 31.1 Å². The fourth-order valence-corrected chi connectivity index (χ4v) is 2.51. The molecule has 0 radical (unpaired) electrons. The molecular weight excluding hydrogens is 284 g/mol. The van der Waals surface area contributed by atoms with Crippen molar-refractivity contribution < 1.29 is 4.79 Å². The largest absolute Gasteiger partial charge is 0.350 e. The van der Waals surface area contributed by atoms with Gasteiger partial charge in [-0.1, -0.05) is 49.7 Å². The summed E-state index contributed by atoms with van der Waals surface area (Å²) in [6.07, 6.45) is 3.62. The van der Waals surface area contributed by atoms with Crippen LogP contribution in [0.25, 0.3) is 10.8 Å². The third kappa shape index (κ3) is 3.94. The summed E-state index contributed by atoms with van der Waals surface area (Å²) >= 11 is 6.08. The van der Waals surface area contributed by atoms with Crippen LogP contribution in [0.3, 0.4) is 0 Å². The Kier molecular flexibility index (Phi) is 5.18. The number of rotatable bonds is 5. The Hall–Kier alpha value is -1.61. The molecule has 4 heteroatoms. The van der Waals surface area contributed by atoms with E-state index in [0.717, 1.165) is 23.6 Å². The van der Waals surface area contributed by atoms with E-state index < -0.39 is 0 Å². The lowest BCUT2D eigenvalue weighted by Crippen LogP contribution is -2.33. The maximum Gasteiger partial charge on any atom is 0.253 e. The van der Waals surface area contributed by atoms with Crippen molar-refractivity contribution >= 4 is 28.3 Å². The number of carbonyl (C=O) groups excluding carboxylic acids is 1. The highest BCUT2D eigenvalue weighted by Gasteiger charge is 2.15. The van der Waals surface area contributed by atoms with E-state index in [0.29, 0.717) is 16.6 Å². The van der Waals surface area contributed by atoms with E-state index in [1.54, 1.807) is 6.20 Å². The Morgan fingerprint density at radius 3 is 2.52 bits per heavy atom. The smallest absolute Gasteiger partial charge is 0.253 e. The van der Waals surface area contributed by atoms with Crippen molar-refractivity contribution in [3.05, 3.63) is 41.2 Å². The number of nitrogens with one attached hydrogen (secondary N) is 1. The number of pyridine rings is 1. The summed E-state index contributed by atoms with van der Waals surface area (Å²) in [5.41, 5.74) is 0.575. The summed E-state index contributed by atoms with van der Waals surface area (Å²) in [6.45, 7) is 6.40. The zero-order valence-corrected chi connectivity index (χ0v) is 13.4. The van der Waals surface area contributed by atoms with Crippen LogP contribution in [0.5, 0.6) is 0 Å². The van der Waals surface area contributed by atoms with Gasteiger partial charge in [-0.3, -0.25) is 4.79 Å². The average molecular weight is 305 g/mol. The minimum absolute atomic E-state index is 0.0911. The topological polar surface area (TPSA) is 42.0 Å². The highest BCUT2D eigenvalue weighted by Crippen LogP contribution is 2.24. The van der Waals surface area contributed by atoms with Crippen LogP contribution in [0.2, 0.25) is 5.15 Å². The molecule has 0 spiro atoms. The number of aromatic nitrogens is 1. The molecule has 1 unspecified atom stereocenters. The fraction of sp³-hybridized carbons (Fsp3) is 0.412. The minimum Gasteiger partial charge on any atom is -0.350 e. The van der Waals surface area contributed by atoms with Crippen LogP contribution < -0.4 is 5.32 Å². The van der Waals surface area contributed by atoms with Crippen LogP contribution in [0.4, 0.5) is 0 Å². The summed E-state index contributed by atoms with van der Waals surface area (Å²) in [5, 5.41) is 5.11. The molecule has 3 nitrogen and oxygen atoms in total. The van der Waals surface area contributed by atoms with Crippen molar-refractivity contribution in [2.45, 2.75) is 39.7 Å². The Morgan fingerprint density at radius 1 is 1.19 bits per heavy atom. The molecule has 0 aliphatic heterocycles. The quantitative estimate of drug-likeness (QED) is 0.830. The molecule has 21 heavy (non-hydrogen) atoms. The van der Waals surface area contributed by atoms with Crippen molar-refractivity contribution in [2.75, 3.05) is 0 Å². The molecule has 0 aliphatic rings. The second-order valence-electron chi connectivity index (χ2n) is 5.85. The Balaban J connectivity index is 2.18. The molecule has 1 aromatic heterocycles. The molecule has 0 fully saturated rings. The van der Waals surface area contributed by atoms with Crippen molar-refractivity contribution in [3.8, 4) is 0 Å². The zero-order chi connectivity index (χ0) is 15.4. The van der Waals surface area contributed by atoms with Crippen LogP contribution in [-0.2, 0) is 0 Å². The van der Waals surface area contributed by atoms with Gasteiger partial charge in [0.2, 0.25) is 0 Å². The van der Waals surface area contributed by atoms with Gasteiger partial charge in [-0.2, -0.15) is 0 Å². The van der Waals surface area contributed by atoms with Gasteiger partial charge in [-0.15, -0.1) is 0 Å². The number of halogens is 1. The van der Waals surface area contributed by atoms with E-state index in [9.17, 15) is 4.79 Å². The molecule has 112 valence electrons. The van der Waals surface area contributed by atoms with Crippen molar-refractivity contribution in [2.24, 2.45) is 5.92 Å². The van der Waals surface area contributed by atoms with Crippen molar-refractivity contribution in [1.82, 2.24) is 10.3 Å². The fourth-order valence-electron chi connectivity index (χ4n) is 2.30. The first-order valence-electron chi connectivity index (χ1n) is 7.33. The van der Waals surface area contributed by atoms with Crippen LogP contribution in [0.15, 0.2) is 30.5 Å². The molecule has 0 saturated heterocycles. The Bertz CT molecular complexity index is 640. The van der Waals surface area contributed by atoms with Crippen LogP contribution in [-0.4, -0.2) is 16.9 Å². The van der Waals surface area contributed by atoms with E-state index in [2.05, 4.69) is 24.1 Å². The predicted molar refractivity (Wildman–Crippen MR) is 87.8 cm³/mol. The first-order chi connectivity index (χ1) is 9.99. The normalized spacial score (nSPS) is 12.6. The van der Waals surface area contributed by atoms with Crippen molar-refractivity contribution in [1.29, 1.82) is 0 Å². The Labute approximate surface area is 130 Å². The summed E-state index contributed by atoms with van der Waals surface area (Å²) in [4.78, 5) is 16.5. The van der Waals surface area contributed by atoms with E-state index in [-0.39, 0.29) is 11.9 Å². The highest BCUT2D eigenvalue weighted by atomic mass is 35.5. The van der Waals surface area contributed by atoms with Gasteiger partial charge in [0.1, 0.15) is 5.15 Å². The van der Waals surface area contributed by atoms with Crippen LogP contribution in [0.1, 0.15) is 44.0 Å². The first-order valence-corrected chi connectivity index (χ1v) is 7.71. The molecular formula is C17H21ClN2O. The maximum atomic E-state index is 12.4. The lowest BCUT2D eigenvalue weighted by molar-refractivity contribution is 0.0938. The zero-order valence-electron chi connectivity index (χ0n) is 12.7. The van der Waals surface area contributed by atoms with Gasteiger partial charge in [0.25, 0.3) is 5.91 Å². The van der Waals surface area contributed by atoms with E-state index >= 15 is 0 Å². The lowest BCUT2D eigenvalue weighted by Gasteiger charge is -2.16. The van der Waals surface area contributed by atoms with Gasteiger partial charge in [0, 0.05) is 17.6 Å². The first kappa shape index (κ1) is 15.8. The molecule has 2 rings (SSSR count). The summed E-state index contributed by atoms with van der Waals surface area (Å²) in [5.74, 6) is 0.550. The van der Waals surface area contributed by atoms with Crippen LogP contribution >= 0.6 is 11.6 Å². The monoisotopic (exact) mass is 304 g/mol. The molecule has 1 amide bonds. The third-order valence-corrected chi connectivity index (χ3v) is 3.85. The average Bonchev–Trinajstić information content (AvgIpc) is 2.45. The predicted octanol–water partition coefficient (Wildman–Crippen LogP) is 4.44.